The summed E-state index contributed by atoms with van der Waals surface area (Å²) >= 11 is 0. The maximum absolute atomic E-state index is 12.4. The second-order valence-corrected chi connectivity index (χ2v) is 9.20. The van der Waals surface area contributed by atoms with Crippen LogP contribution in [0.25, 0.3) is 11.1 Å². The molecule has 3 amide bonds. The van der Waals surface area contributed by atoms with Gasteiger partial charge in [0.25, 0.3) is 5.91 Å². The van der Waals surface area contributed by atoms with Crippen molar-refractivity contribution < 1.29 is 33.4 Å². The van der Waals surface area contributed by atoms with Crippen molar-refractivity contribution >= 4 is 18.4 Å². The highest BCUT2D eigenvalue weighted by molar-refractivity contribution is 5.78. The van der Waals surface area contributed by atoms with E-state index in [2.05, 4.69) is 11.4 Å². The van der Waals surface area contributed by atoms with Crippen molar-refractivity contribution in [3.63, 3.8) is 0 Å². The molecule has 3 aromatic carbocycles. The van der Waals surface area contributed by atoms with E-state index < -0.39 is 6.09 Å². The quantitative estimate of drug-likeness (QED) is 0.288. The molecular weight excluding hydrogens is 514 g/mol. The van der Waals surface area contributed by atoms with Gasteiger partial charge in [-0.1, -0.05) is 36.4 Å². The van der Waals surface area contributed by atoms with E-state index in [4.69, 9.17) is 19.0 Å². The second kappa shape index (κ2) is 14.0. The number of hydrogen-bond acceptors (Lipinski definition) is 7. The molecule has 1 heterocycles. The number of ether oxygens (including phenoxy) is 3. The predicted molar refractivity (Wildman–Crippen MR) is 147 cm³/mol. The molecule has 3 aromatic rings. The molecule has 0 aliphatic carbocycles. The Morgan fingerprint density at radius 1 is 0.975 bits per heavy atom. The first-order chi connectivity index (χ1) is 19.4. The fraction of sp³-hybridized carbons (Fsp3) is 0.300. The van der Waals surface area contributed by atoms with Crippen LogP contribution in [0, 0.1) is 6.92 Å². The van der Waals surface area contributed by atoms with Crippen molar-refractivity contribution in [2.75, 3.05) is 40.0 Å². The number of nitrogens with one attached hydrogen (secondary N) is 1. The van der Waals surface area contributed by atoms with Crippen LogP contribution in [0.3, 0.4) is 0 Å². The third kappa shape index (κ3) is 7.97. The third-order valence-corrected chi connectivity index (χ3v) is 6.35. The summed E-state index contributed by atoms with van der Waals surface area (Å²) in [7, 11) is 1.42. The van der Waals surface area contributed by atoms with Crippen molar-refractivity contribution in [2.24, 2.45) is 0 Å². The standard InChI is InChI=1S/C30H33N3O7/c1-22-16-27(39-20-29(35)32-12-14-37-15-13-32)10-11-28(22)25-5-3-4-24(17-25)19-38-26-8-6-23(7-9-26)18-33(21-34)40-30(36)31-2/h3-11,16-17,21H,12-15,18-20H2,1-2H3,(H,31,36). The van der Waals surface area contributed by atoms with Crippen LogP contribution in [0.4, 0.5) is 4.79 Å². The zero-order valence-electron chi connectivity index (χ0n) is 22.6. The molecule has 0 saturated carbocycles. The summed E-state index contributed by atoms with van der Waals surface area (Å²) in [6, 6.07) is 21.1. The van der Waals surface area contributed by atoms with E-state index in [-0.39, 0.29) is 19.1 Å². The van der Waals surface area contributed by atoms with Crippen LogP contribution < -0.4 is 14.8 Å². The van der Waals surface area contributed by atoms with E-state index >= 15 is 0 Å². The summed E-state index contributed by atoms with van der Waals surface area (Å²) in [5.74, 6) is 1.29. The minimum absolute atomic E-state index is 0.00568. The van der Waals surface area contributed by atoms with Gasteiger partial charge in [0.1, 0.15) is 18.1 Å². The van der Waals surface area contributed by atoms with Crippen LogP contribution in [0.5, 0.6) is 11.5 Å². The zero-order valence-corrected chi connectivity index (χ0v) is 22.6. The molecule has 10 heteroatoms. The number of nitrogens with zero attached hydrogens (tertiary/aromatic N) is 2. The molecule has 0 bridgehead atoms. The smallest absolute Gasteiger partial charge is 0.431 e. The van der Waals surface area contributed by atoms with E-state index in [0.717, 1.165) is 32.9 Å². The Bertz CT molecular complexity index is 1310. The lowest BCUT2D eigenvalue weighted by molar-refractivity contribution is -0.152. The number of morpholine rings is 1. The molecule has 40 heavy (non-hydrogen) atoms. The maximum Gasteiger partial charge on any atom is 0.431 e. The number of rotatable bonds is 11. The van der Waals surface area contributed by atoms with Gasteiger partial charge in [-0.15, -0.1) is 0 Å². The Hall–Kier alpha value is -4.57. The number of hydrogen-bond donors (Lipinski definition) is 1. The van der Waals surface area contributed by atoms with Gasteiger partial charge in [-0.3, -0.25) is 9.59 Å². The average Bonchev–Trinajstić information content (AvgIpc) is 2.99. The Morgan fingerprint density at radius 3 is 2.42 bits per heavy atom. The number of hydroxylamine groups is 2. The zero-order chi connectivity index (χ0) is 28.3. The fourth-order valence-corrected chi connectivity index (χ4v) is 4.21. The highest BCUT2D eigenvalue weighted by Crippen LogP contribution is 2.28. The van der Waals surface area contributed by atoms with Crippen molar-refractivity contribution in [2.45, 2.75) is 20.1 Å². The molecule has 0 aromatic heterocycles. The number of aryl methyl sites for hydroxylation is 1. The van der Waals surface area contributed by atoms with Gasteiger partial charge in [0.05, 0.1) is 19.8 Å². The molecule has 1 aliphatic heterocycles. The van der Waals surface area contributed by atoms with Crippen LogP contribution in [0.15, 0.2) is 66.7 Å². The average molecular weight is 548 g/mol. The number of amides is 3. The topological polar surface area (TPSA) is 107 Å². The van der Waals surface area contributed by atoms with Crippen LogP contribution in [0.1, 0.15) is 16.7 Å². The van der Waals surface area contributed by atoms with E-state index in [1.54, 1.807) is 29.2 Å². The van der Waals surface area contributed by atoms with Crippen molar-refractivity contribution in [3.8, 4) is 22.6 Å². The molecule has 4 rings (SSSR count). The summed E-state index contributed by atoms with van der Waals surface area (Å²) in [5.41, 5.74) is 4.93. The summed E-state index contributed by atoms with van der Waals surface area (Å²) in [5, 5.41) is 3.20. The number of carbonyl (C=O) groups is 3. The van der Waals surface area contributed by atoms with Crippen LogP contribution >= 0.6 is 0 Å². The first-order valence-corrected chi connectivity index (χ1v) is 13.0. The van der Waals surface area contributed by atoms with Crippen LogP contribution in [-0.2, 0) is 32.3 Å². The third-order valence-electron chi connectivity index (χ3n) is 6.35. The molecule has 1 fully saturated rings. The number of benzene rings is 3. The first kappa shape index (κ1) is 28.4. The molecule has 1 saturated heterocycles. The molecule has 0 unspecified atom stereocenters. The molecule has 1 N–H and O–H groups in total. The van der Waals surface area contributed by atoms with Crippen molar-refractivity contribution in [3.05, 3.63) is 83.4 Å². The predicted octanol–water partition coefficient (Wildman–Crippen LogP) is 3.71. The minimum atomic E-state index is -0.718. The lowest BCUT2D eigenvalue weighted by atomic mass is 9.99. The van der Waals surface area contributed by atoms with Gasteiger partial charge in [-0.05, 0) is 65.1 Å². The fourth-order valence-electron chi connectivity index (χ4n) is 4.21. The Kier molecular flexibility index (Phi) is 9.95. The van der Waals surface area contributed by atoms with Gasteiger partial charge < -0.3 is 29.3 Å². The summed E-state index contributed by atoms with van der Waals surface area (Å²) in [4.78, 5) is 41.4. The molecular formula is C30H33N3O7. The van der Waals surface area contributed by atoms with Crippen LogP contribution in [0.2, 0.25) is 0 Å². The van der Waals surface area contributed by atoms with Gasteiger partial charge in [-0.2, -0.15) is 5.06 Å². The summed E-state index contributed by atoms with van der Waals surface area (Å²) < 4.78 is 17.0. The lowest BCUT2D eigenvalue weighted by Gasteiger charge is -2.26. The lowest BCUT2D eigenvalue weighted by Crippen LogP contribution is -2.42. The maximum atomic E-state index is 12.4. The van der Waals surface area contributed by atoms with Gasteiger partial charge in [0.2, 0.25) is 6.41 Å². The van der Waals surface area contributed by atoms with Gasteiger partial charge in [-0.25, -0.2) is 4.79 Å². The molecule has 210 valence electrons. The summed E-state index contributed by atoms with van der Waals surface area (Å²) in [6.07, 6.45) is -0.271. The van der Waals surface area contributed by atoms with Gasteiger partial charge >= 0.3 is 6.09 Å². The molecule has 0 radical (unpaired) electrons. The monoisotopic (exact) mass is 547 g/mol. The van der Waals surface area contributed by atoms with E-state index in [0.29, 0.717) is 50.8 Å². The van der Waals surface area contributed by atoms with Crippen molar-refractivity contribution in [1.29, 1.82) is 0 Å². The Balaban J connectivity index is 1.32. The van der Waals surface area contributed by atoms with E-state index in [1.165, 1.54) is 7.05 Å². The Morgan fingerprint density at radius 2 is 1.73 bits per heavy atom. The Labute approximate surface area is 233 Å². The normalized spacial score (nSPS) is 12.8. The molecule has 1 aliphatic rings. The largest absolute Gasteiger partial charge is 0.489 e. The van der Waals surface area contributed by atoms with E-state index in [1.807, 2.05) is 43.3 Å². The summed E-state index contributed by atoms with van der Waals surface area (Å²) in [6.45, 7) is 4.84. The number of carbonyl (C=O) groups excluding carboxylic acids is 3. The molecule has 0 atom stereocenters. The van der Waals surface area contributed by atoms with E-state index in [9.17, 15) is 14.4 Å². The highest BCUT2D eigenvalue weighted by Gasteiger charge is 2.17. The first-order valence-electron chi connectivity index (χ1n) is 13.0. The van der Waals surface area contributed by atoms with Crippen LogP contribution in [-0.4, -0.2) is 68.3 Å². The molecule has 0 spiro atoms. The van der Waals surface area contributed by atoms with Gasteiger partial charge in [0.15, 0.2) is 6.61 Å². The minimum Gasteiger partial charge on any atom is -0.489 e. The molecule has 10 nitrogen and oxygen atoms in total. The van der Waals surface area contributed by atoms with Gasteiger partial charge in [0, 0.05) is 20.1 Å². The highest BCUT2D eigenvalue weighted by atomic mass is 16.7. The second-order valence-electron chi connectivity index (χ2n) is 9.20. The SMILES string of the molecule is CNC(=O)ON(C=O)Cc1ccc(OCc2cccc(-c3ccc(OCC(=O)N4CCOCC4)cc3C)c2)cc1. The van der Waals surface area contributed by atoms with Crippen molar-refractivity contribution in [1.82, 2.24) is 15.3 Å².